The van der Waals surface area contributed by atoms with Crippen molar-refractivity contribution in [2.75, 3.05) is 7.11 Å². The molecule has 4 atom stereocenters. The van der Waals surface area contributed by atoms with Crippen molar-refractivity contribution >= 4 is 17.8 Å². The third kappa shape index (κ3) is 4.29. The summed E-state index contributed by atoms with van der Waals surface area (Å²) in [5, 5.41) is 12.5. The molecule has 7 heteroatoms. The first-order valence-corrected chi connectivity index (χ1v) is 9.85. The van der Waals surface area contributed by atoms with Crippen LogP contribution in [0.3, 0.4) is 0 Å². The Morgan fingerprint density at radius 1 is 1.21 bits per heavy atom. The maximum atomic E-state index is 13.2. The van der Waals surface area contributed by atoms with E-state index in [2.05, 4.69) is 5.32 Å². The molecule has 0 unspecified atom stereocenters. The molecule has 1 heterocycles. The van der Waals surface area contributed by atoms with Crippen molar-refractivity contribution in [3.63, 3.8) is 0 Å². The van der Waals surface area contributed by atoms with Crippen LogP contribution in [-0.2, 0) is 14.4 Å². The Morgan fingerprint density at radius 2 is 1.89 bits per heavy atom. The van der Waals surface area contributed by atoms with Crippen molar-refractivity contribution < 1.29 is 24.2 Å². The molecule has 7 nitrogen and oxygen atoms in total. The van der Waals surface area contributed by atoms with Gasteiger partial charge in [-0.15, -0.1) is 0 Å². The van der Waals surface area contributed by atoms with E-state index in [0.29, 0.717) is 12.2 Å². The lowest BCUT2D eigenvalue weighted by atomic mass is 9.84. The van der Waals surface area contributed by atoms with Gasteiger partial charge in [-0.2, -0.15) is 0 Å². The summed E-state index contributed by atoms with van der Waals surface area (Å²) < 4.78 is 5.16. The first-order chi connectivity index (χ1) is 13.4. The summed E-state index contributed by atoms with van der Waals surface area (Å²) in [6, 6.07) is 5.91. The van der Waals surface area contributed by atoms with Gasteiger partial charge in [0, 0.05) is 13.0 Å². The van der Waals surface area contributed by atoms with Crippen LogP contribution in [0.4, 0.5) is 0 Å². The number of likely N-dealkylation sites (tertiary alicyclic amines) is 1. The number of aliphatic carboxylic acids is 1. The van der Waals surface area contributed by atoms with Crippen molar-refractivity contribution in [2.24, 2.45) is 5.92 Å². The maximum absolute atomic E-state index is 13.2. The topological polar surface area (TPSA) is 95.9 Å². The number of rotatable bonds is 6. The van der Waals surface area contributed by atoms with Crippen LogP contribution in [0, 0.1) is 5.92 Å². The smallest absolute Gasteiger partial charge is 0.326 e. The van der Waals surface area contributed by atoms with Gasteiger partial charge in [-0.25, -0.2) is 4.79 Å². The summed E-state index contributed by atoms with van der Waals surface area (Å²) in [7, 11) is 1.57. The highest BCUT2D eigenvalue weighted by atomic mass is 16.5. The molecule has 3 rings (SSSR count). The van der Waals surface area contributed by atoms with Crippen LogP contribution in [0.25, 0.3) is 0 Å². The Balaban J connectivity index is 1.81. The lowest BCUT2D eigenvalue weighted by Crippen LogP contribution is -2.47. The fourth-order valence-corrected chi connectivity index (χ4v) is 4.65. The zero-order valence-corrected chi connectivity index (χ0v) is 16.4. The fourth-order valence-electron chi connectivity index (χ4n) is 4.65. The number of nitrogens with zero attached hydrogens (tertiary/aromatic N) is 1. The van der Waals surface area contributed by atoms with E-state index in [1.165, 1.54) is 6.92 Å². The highest BCUT2D eigenvalue weighted by Gasteiger charge is 2.47. The van der Waals surface area contributed by atoms with E-state index in [4.69, 9.17) is 4.74 Å². The molecule has 28 heavy (non-hydrogen) atoms. The first-order valence-electron chi connectivity index (χ1n) is 9.85. The van der Waals surface area contributed by atoms with Crippen molar-refractivity contribution in [1.29, 1.82) is 0 Å². The minimum absolute atomic E-state index is 0.00352. The van der Waals surface area contributed by atoms with Crippen molar-refractivity contribution in [3.05, 3.63) is 29.8 Å². The average Bonchev–Trinajstić information content (AvgIpc) is 3.07. The van der Waals surface area contributed by atoms with Crippen molar-refractivity contribution in [2.45, 2.75) is 63.6 Å². The lowest BCUT2D eigenvalue weighted by Gasteiger charge is -2.34. The quantitative estimate of drug-likeness (QED) is 0.781. The van der Waals surface area contributed by atoms with Gasteiger partial charge in [-0.05, 0) is 42.9 Å². The van der Waals surface area contributed by atoms with E-state index >= 15 is 0 Å². The number of fused-ring (bicyclic) bond motifs is 1. The predicted molar refractivity (Wildman–Crippen MR) is 103 cm³/mol. The van der Waals surface area contributed by atoms with Crippen LogP contribution in [0.5, 0.6) is 5.75 Å². The van der Waals surface area contributed by atoms with Gasteiger partial charge >= 0.3 is 5.97 Å². The van der Waals surface area contributed by atoms with Crippen LogP contribution in [0.2, 0.25) is 0 Å². The molecule has 1 aliphatic heterocycles. The van der Waals surface area contributed by atoms with Gasteiger partial charge in [0.15, 0.2) is 0 Å². The van der Waals surface area contributed by atoms with Crippen LogP contribution in [0.15, 0.2) is 24.3 Å². The zero-order chi connectivity index (χ0) is 20.3. The van der Waals surface area contributed by atoms with E-state index in [1.807, 2.05) is 12.1 Å². The van der Waals surface area contributed by atoms with Crippen molar-refractivity contribution in [3.8, 4) is 5.75 Å². The van der Waals surface area contributed by atoms with Crippen LogP contribution in [-0.4, -0.2) is 47.0 Å². The van der Waals surface area contributed by atoms with E-state index in [1.54, 1.807) is 24.1 Å². The summed E-state index contributed by atoms with van der Waals surface area (Å²) in [6.45, 7) is 1.41. The summed E-state index contributed by atoms with van der Waals surface area (Å²) in [6.07, 6.45) is 4.51. The molecule has 2 N–H and O–H groups in total. The Kier molecular flexibility index (Phi) is 6.21. The van der Waals surface area contributed by atoms with E-state index in [-0.39, 0.29) is 30.2 Å². The van der Waals surface area contributed by atoms with Gasteiger partial charge in [0.05, 0.1) is 19.6 Å². The number of carboxylic acid groups (broad SMARTS) is 1. The normalized spacial score (nSPS) is 24.9. The number of carbonyl (C=O) groups excluding carboxylic acids is 2. The van der Waals surface area contributed by atoms with E-state index < -0.39 is 18.1 Å². The Bertz CT molecular complexity index is 733. The van der Waals surface area contributed by atoms with E-state index in [0.717, 1.165) is 31.2 Å². The second-order valence-electron chi connectivity index (χ2n) is 7.73. The number of hydrogen-bond acceptors (Lipinski definition) is 4. The summed E-state index contributed by atoms with van der Waals surface area (Å²) in [4.78, 5) is 38.3. The van der Waals surface area contributed by atoms with Crippen molar-refractivity contribution in [1.82, 2.24) is 10.2 Å². The van der Waals surface area contributed by atoms with Gasteiger partial charge in [-0.3, -0.25) is 9.59 Å². The van der Waals surface area contributed by atoms with E-state index in [9.17, 15) is 19.5 Å². The minimum Gasteiger partial charge on any atom is -0.497 e. The second-order valence-corrected chi connectivity index (χ2v) is 7.73. The molecule has 0 radical (unpaired) electrons. The molecule has 0 bridgehead atoms. The average molecular weight is 388 g/mol. The first kappa shape index (κ1) is 20.2. The molecule has 0 aromatic heterocycles. The summed E-state index contributed by atoms with van der Waals surface area (Å²) in [5.74, 6) is -0.439. The number of carbonyl (C=O) groups is 3. The number of ether oxygens (including phenoxy) is 1. The van der Waals surface area contributed by atoms with Gasteiger partial charge in [0.25, 0.3) is 0 Å². The number of nitrogens with one attached hydrogen (secondary N) is 1. The van der Waals surface area contributed by atoms with Gasteiger partial charge in [-0.1, -0.05) is 25.0 Å². The van der Waals surface area contributed by atoms with Gasteiger partial charge < -0.3 is 20.1 Å². The molecule has 1 saturated heterocycles. The number of benzene rings is 1. The molecule has 2 fully saturated rings. The largest absolute Gasteiger partial charge is 0.497 e. The number of hydrogen-bond donors (Lipinski definition) is 2. The molecular weight excluding hydrogens is 360 g/mol. The molecular formula is C21H28N2O5. The second kappa shape index (κ2) is 8.63. The molecule has 0 spiro atoms. The molecule has 1 aliphatic carbocycles. The number of amides is 2. The molecule has 2 aliphatic rings. The molecule has 152 valence electrons. The van der Waals surface area contributed by atoms with Gasteiger partial charge in [0.2, 0.25) is 11.8 Å². The molecule has 1 aromatic carbocycles. The van der Waals surface area contributed by atoms with Crippen LogP contribution in [0.1, 0.15) is 57.1 Å². The fraction of sp³-hybridized carbons (Fsp3) is 0.571. The number of methoxy groups -OCH3 is 1. The monoisotopic (exact) mass is 388 g/mol. The predicted octanol–water partition coefficient (Wildman–Crippen LogP) is 2.51. The molecule has 1 aromatic rings. The van der Waals surface area contributed by atoms with Crippen LogP contribution >= 0.6 is 0 Å². The summed E-state index contributed by atoms with van der Waals surface area (Å²) in [5.41, 5.74) is 0.788. The molecule has 2 amide bonds. The minimum atomic E-state index is -0.941. The SMILES string of the molecule is COc1ccc([C@H](CC(=O)N2[C@H](C(=O)O)C[C@@H]3CCCC[C@@H]32)NC(C)=O)cc1. The third-order valence-corrected chi connectivity index (χ3v) is 5.94. The maximum Gasteiger partial charge on any atom is 0.326 e. The highest BCUT2D eigenvalue weighted by molar-refractivity contribution is 5.85. The Hall–Kier alpha value is -2.57. The Labute approximate surface area is 165 Å². The van der Waals surface area contributed by atoms with Crippen LogP contribution < -0.4 is 10.1 Å². The standard InChI is InChI=1S/C21H28N2O5/c1-13(24)22-17(14-7-9-16(28-2)10-8-14)12-20(25)23-18-6-4-3-5-15(18)11-19(23)21(26)27/h7-10,15,17-19H,3-6,11-12H2,1-2H3,(H,22,24)(H,26,27)/t15-,17-,18-,19-/m0/s1. The summed E-state index contributed by atoms with van der Waals surface area (Å²) >= 11 is 0. The lowest BCUT2D eigenvalue weighted by molar-refractivity contribution is -0.150. The zero-order valence-electron chi connectivity index (χ0n) is 16.4. The third-order valence-electron chi connectivity index (χ3n) is 5.94. The van der Waals surface area contributed by atoms with Gasteiger partial charge in [0.1, 0.15) is 11.8 Å². The number of carboxylic acids is 1. The molecule has 1 saturated carbocycles. The Morgan fingerprint density at radius 3 is 2.50 bits per heavy atom. The highest BCUT2D eigenvalue weighted by Crippen LogP contribution is 2.40.